The highest BCUT2D eigenvalue weighted by Crippen LogP contribution is 2.10. The molecule has 0 amide bonds. The van der Waals surface area contributed by atoms with E-state index in [-0.39, 0.29) is 0 Å². The molecule has 0 saturated carbocycles. The minimum Gasteiger partial charge on any atom is -0.481 e. The van der Waals surface area contributed by atoms with Crippen molar-refractivity contribution in [3.05, 3.63) is 34.9 Å². The first kappa shape index (κ1) is 20.7. The second-order valence-corrected chi connectivity index (χ2v) is 5.08. The summed E-state index contributed by atoms with van der Waals surface area (Å²) in [6.45, 7) is 9.53. The Morgan fingerprint density at radius 1 is 0.900 bits per heavy atom. The zero-order chi connectivity index (χ0) is 16.0. The van der Waals surface area contributed by atoms with E-state index in [1.165, 1.54) is 11.1 Å². The molecule has 3 heteroatoms. The van der Waals surface area contributed by atoms with Crippen molar-refractivity contribution in [1.29, 1.82) is 0 Å². The highest BCUT2D eigenvalue weighted by atomic mass is 16.4. The number of carboxylic acid groups (broad SMARTS) is 1. The number of allylic oxidation sites excluding steroid dienone is 6. The Hall–Kier alpha value is -1.64. The van der Waals surface area contributed by atoms with Crippen LogP contribution in [0.1, 0.15) is 60.3 Å². The predicted octanol–water partition coefficient (Wildman–Crippen LogP) is 4.70. The van der Waals surface area contributed by atoms with E-state index in [0.29, 0.717) is 0 Å². The SMILES string of the molecule is CC(=O)O.CC(C)=CCCC(C)=CCCC(C)=CC=O. The van der Waals surface area contributed by atoms with Crippen LogP contribution in [0.3, 0.4) is 0 Å². The molecule has 0 aliphatic carbocycles. The second-order valence-electron chi connectivity index (χ2n) is 5.08. The Morgan fingerprint density at radius 3 is 1.80 bits per heavy atom. The summed E-state index contributed by atoms with van der Waals surface area (Å²) in [4.78, 5) is 19.2. The summed E-state index contributed by atoms with van der Waals surface area (Å²) in [5.41, 5.74) is 3.98. The van der Waals surface area contributed by atoms with Gasteiger partial charge in [-0.25, -0.2) is 0 Å². The molecule has 0 fully saturated rings. The molecule has 0 aliphatic heterocycles. The lowest BCUT2D eigenvalue weighted by molar-refractivity contribution is -0.134. The van der Waals surface area contributed by atoms with Crippen LogP contribution < -0.4 is 0 Å². The maximum absolute atomic E-state index is 10.2. The molecule has 0 aromatic carbocycles. The van der Waals surface area contributed by atoms with Crippen LogP contribution in [0.15, 0.2) is 34.9 Å². The van der Waals surface area contributed by atoms with Crippen LogP contribution in [-0.4, -0.2) is 17.4 Å². The normalized spacial score (nSPS) is 11.2. The monoisotopic (exact) mass is 280 g/mol. The predicted molar refractivity (Wildman–Crippen MR) is 84.8 cm³/mol. The van der Waals surface area contributed by atoms with Gasteiger partial charge in [0.2, 0.25) is 0 Å². The lowest BCUT2D eigenvalue weighted by Crippen LogP contribution is -1.81. The minimum atomic E-state index is -0.833. The summed E-state index contributed by atoms with van der Waals surface area (Å²) < 4.78 is 0. The highest BCUT2D eigenvalue weighted by Gasteiger charge is 1.91. The van der Waals surface area contributed by atoms with E-state index in [4.69, 9.17) is 9.90 Å². The van der Waals surface area contributed by atoms with Gasteiger partial charge in [-0.15, -0.1) is 0 Å². The molecule has 1 N–H and O–H groups in total. The van der Waals surface area contributed by atoms with Crippen LogP contribution in [0.2, 0.25) is 0 Å². The number of aliphatic carboxylic acids is 1. The largest absolute Gasteiger partial charge is 0.481 e. The fraction of sp³-hybridized carbons (Fsp3) is 0.529. The average molecular weight is 280 g/mol. The van der Waals surface area contributed by atoms with E-state index in [1.54, 1.807) is 6.08 Å². The fourth-order valence-electron chi connectivity index (χ4n) is 1.44. The molecule has 114 valence electrons. The van der Waals surface area contributed by atoms with Crippen LogP contribution in [0.25, 0.3) is 0 Å². The molecule has 0 atom stereocenters. The molecule has 3 nitrogen and oxygen atoms in total. The molecule has 0 heterocycles. The van der Waals surface area contributed by atoms with E-state index >= 15 is 0 Å². The van der Waals surface area contributed by atoms with Gasteiger partial charge in [0.05, 0.1) is 0 Å². The number of carbonyl (C=O) groups is 2. The molecule has 0 radical (unpaired) electrons. The summed E-state index contributed by atoms with van der Waals surface area (Å²) in [6, 6.07) is 0. The van der Waals surface area contributed by atoms with Crippen molar-refractivity contribution < 1.29 is 14.7 Å². The van der Waals surface area contributed by atoms with Crippen LogP contribution in [0, 0.1) is 0 Å². The number of rotatable bonds is 7. The molecule has 0 rings (SSSR count). The Morgan fingerprint density at radius 2 is 1.35 bits per heavy atom. The highest BCUT2D eigenvalue weighted by molar-refractivity contribution is 5.65. The maximum atomic E-state index is 10.2. The molecule has 0 aromatic rings. The standard InChI is InChI=1S/C15H24O.C2H4O2/c1-13(2)7-5-8-14(3)9-6-10-15(4)11-12-16;1-2(3)4/h7,9,11-12H,5-6,8,10H2,1-4H3;1H3,(H,3,4). The van der Waals surface area contributed by atoms with E-state index in [1.807, 2.05) is 6.92 Å². The van der Waals surface area contributed by atoms with Crippen LogP contribution in [0.4, 0.5) is 0 Å². The molecule has 0 bridgehead atoms. The van der Waals surface area contributed by atoms with E-state index in [0.717, 1.165) is 44.5 Å². The van der Waals surface area contributed by atoms with Crippen molar-refractivity contribution >= 4 is 12.3 Å². The smallest absolute Gasteiger partial charge is 0.300 e. The quantitative estimate of drug-likeness (QED) is 0.418. The average Bonchev–Trinajstić information content (AvgIpc) is 2.28. The summed E-state index contributed by atoms with van der Waals surface area (Å²) in [5, 5.41) is 7.42. The molecule has 0 aliphatic rings. The van der Waals surface area contributed by atoms with Gasteiger partial charge >= 0.3 is 0 Å². The molecule has 0 unspecified atom stereocenters. The zero-order valence-electron chi connectivity index (χ0n) is 13.4. The van der Waals surface area contributed by atoms with Gasteiger partial charge in [0.25, 0.3) is 5.97 Å². The van der Waals surface area contributed by atoms with Crippen molar-refractivity contribution in [1.82, 2.24) is 0 Å². The van der Waals surface area contributed by atoms with Gasteiger partial charge in [0, 0.05) is 6.92 Å². The van der Waals surface area contributed by atoms with Gasteiger partial charge in [-0.1, -0.05) is 28.9 Å². The molecule has 0 aromatic heterocycles. The lowest BCUT2D eigenvalue weighted by Gasteiger charge is -2.00. The maximum Gasteiger partial charge on any atom is 0.300 e. The Labute approximate surface area is 123 Å². The molecule has 20 heavy (non-hydrogen) atoms. The Balaban J connectivity index is 0. The summed E-state index contributed by atoms with van der Waals surface area (Å²) in [7, 11) is 0. The summed E-state index contributed by atoms with van der Waals surface area (Å²) in [6.07, 6.45) is 11.4. The van der Waals surface area contributed by atoms with Gasteiger partial charge in [-0.3, -0.25) is 9.59 Å². The number of hydrogen-bond acceptors (Lipinski definition) is 2. The first-order chi connectivity index (χ1) is 9.29. The van der Waals surface area contributed by atoms with Gasteiger partial charge in [-0.2, -0.15) is 0 Å². The molecular weight excluding hydrogens is 252 g/mol. The third-order valence-electron chi connectivity index (χ3n) is 2.48. The van der Waals surface area contributed by atoms with Crippen LogP contribution in [-0.2, 0) is 9.59 Å². The fourth-order valence-corrected chi connectivity index (χ4v) is 1.44. The number of carbonyl (C=O) groups excluding carboxylic acids is 1. The number of carboxylic acids is 1. The van der Waals surface area contributed by atoms with Crippen LogP contribution >= 0.6 is 0 Å². The van der Waals surface area contributed by atoms with E-state index in [2.05, 4.69) is 32.9 Å². The second kappa shape index (κ2) is 13.8. The van der Waals surface area contributed by atoms with Gasteiger partial charge in [0.15, 0.2) is 0 Å². The first-order valence-electron chi connectivity index (χ1n) is 6.89. The van der Waals surface area contributed by atoms with Crippen molar-refractivity contribution in [2.75, 3.05) is 0 Å². The lowest BCUT2D eigenvalue weighted by atomic mass is 10.1. The summed E-state index contributed by atoms with van der Waals surface area (Å²) >= 11 is 0. The topological polar surface area (TPSA) is 54.4 Å². The zero-order valence-corrected chi connectivity index (χ0v) is 13.4. The van der Waals surface area contributed by atoms with E-state index < -0.39 is 5.97 Å². The third kappa shape index (κ3) is 21.6. The van der Waals surface area contributed by atoms with Crippen molar-refractivity contribution in [3.63, 3.8) is 0 Å². The Bertz CT molecular complexity index is 366. The third-order valence-corrected chi connectivity index (χ3v) is 2.48. The van der Waals surface area contributed by atoms with Crippen molar-refractivity contribution in [3.8, 4) is 0 Å². The Kier molecular flexibility index (Phi) is 14.2. The van der Waals surface area contributed by atoms with Crippen molar-refractivity contribution in [2.24, 2.45) is 0 Å². The first-order valence-corrected chi connectivity index (χ1v) is 6.89. The molecule has 0 spiro atoms. The molecule has 0 saturated heterocycles. The number of aldehydes is 1. The minimum absolute atomic E-state index is 0.833. The number of hydrogen-bond donors (Lipinski definition) is 1. The van der Waals surface area contributed by atoms with E-state index in [9.17, 15) is 4.79 Å². The summed E-state index contributed by atoms with van der Waals surface area (Å²) in [5.74, 6) is -0.833. The van der Waals surface area contributed by atoms with Crippen molar-refractivity contribution in [2.45, 2.75) is 60.3 Å². The van der Waals surface area contributed by atoms with Gasteiger partial charge < -0.3 is 5.11 Å². The van der Waals surface area contributed by atoms with Crippen LogP contribution in [0.5, 0.6) is 0 Å². The molecular formula is C17H28O3. The van der Waals surface area contributed by atoms with Gasteiger partial charge in [-0.05, 0) is 59.5 Å². The van der Waals surface area contributed by atoms with Gasteiger partial charge in [0.1, 0.15) is 6.29 Å².